The zero-order valence-electron chi connectivity index (χ0n) is 10.8. The fourth-order valence-corrected chi connectivity index (χ4v) is 3.05. The van der Waals surface area contributed by atoms with Crippen LogP contribution in [0.1, 0.15) is 5.56 Å². The molecule has 0 atom stereocenters. The molecule has 0 saturated carbocycles. The van der Waals surface area contributed by atoms with E-state index in [0.29, 0.717) is 26.1 Å². The molecule has 0 N–H and O–H groups in total. The highest BCUT2D eigenvalue weighted by atomic mass is 32.1. The number of ether oxygens (including phenoxy) is 1. The van der Waals surface area contributed by atoms with Crippen LogP contribution < -0.4 is 0 Å². The molecule has 20 heavy (non-hydrogen) atoms. The number of likely N-dealkylation sites (tertiary alicyclic amines) is 1. The fraction of sp³-hybridized carbons (Fsp3) is 0.462. The Morgan fingerprint density at radius 2 is 2.20 bits per heavy atom. The van der Waals surface area contributed by atoms with E-state index in [1.807, 2.05) is 16.8 Å². The molecule has 0 aromatic carbocycles. The van der Waals surface area contributed by atoms with Gasteiger partial charge in [0.05, 0.1) is 6.42 Å². The molecule has 1 aromatic rings. The number of rotatable bonds is 4. The Kier molecular flexibility index (Phi) is 3.43. The summed E-state index contributed by atoms with van der Waals surface area (Å²) in [6.45, 7) is 1.38. The van der Waals surface area contributed by atoms with Crippen LogP contribution in [-0.2, 0) is 20.7 Å². The maximum absolute atomic E-state index is 12.0. The van der Waals surface area contributed by atoms with Crippen LogP contribution >= 0.6 is 11.3 Å². The third-order valence-corrected chi connectivity index (χ3v) is 4.26. The molecule has 6 nitrogen and oxygen atoms in total. The molecule has 3 rings (SSSR count). The van der Waals surface area contributed by atoms with Gasteiger partial charge in [-0.15, -0.1) is 0 Å². The Balaban J connectivity index is 1.45. The maximum atomic E-state index is 12.0. The van der Waals surface area contributed by atoms with Crippen LogP contribution in [0.25, 0.3) is 0 Å². The molecule has 0 spiro atoms. The summed E-state index contributed by atoms with van der Waals surface area (Å²) in [7, 11) is 0. The van der Waals surface area contributed by atoms with Crippen LogP contribution in [0.2, 0.25) is 0 Å². The average Bonchev–Trinajstić information content (AvgIpc) is 2.96. The van der Waals surface area contributed by atoms with E-state index < -0.39 is 6.09 Å². The molecule has 1 aromatic heterocycles. The second kappa shape index (κ2) is 5.24. The van der Waals surface area contributed by atoms with Gasteiger partial charge in [0.1, 0.15) is 0 Å². The van der Waals surface area contributed by atoms with Gasteiger partial charge in [0.2, 0.25) is 5.91 Å². The van der Waals surface area contributed by atoms with Crippen molar-refractivity contribution in [1.82, 2.24) is 9.80 Å². The quantitative estimate of drug-likeness (QED) is 0.821. The first-order valence-electron chi connectivity index (χ1n) is 6.39. The highest BCUT2D eigenvalue weighted by molar-refractivity contribution is 7.07. The molecule has 2 fully saturated rings. The summed E-state index contributed by atoms with van der Waals surface area (Å²) >= 11 is 1.57. The number of carbonyl (C=O) groups excluding carboxylic acids is 3. The number of cyclic esters (lactones) is 1. The summed E-state index contributed by atoms with van der Waals surface area (Å²) in [5.74, 6) is -0.0379. The zero-order valence-corrected chi connectivity index (χ0v) is 11.6. The molecule has 2 aliphatic rings. The number of hydrogen-bond donors (Lipinski definition) is 0. The number of nitrogens with zero attached hydrogens (tertiary/aromatic N) is 2. The number of hydrogen-bond acceptors (Lipinski definition) is 5. The Morgan fingerprint density at radius 1 is 1.40 bits per heavy atom. The highest BCUT2D eigenvalue weighted by Crippen LogP contribution is 2.20. The average molecular weight is 294 g/mol. The minimum absolute atomic E-state index is 0.0926. The molecular formula is C13H14N2O4S. The Bertz CT molecular complexity index is 521. The number of carbonyl (C=O) groups is 3. The van der Waals surface area contributed by atoms with Crippen molar-refractivity contribution in [3.63, 3.8) is 0 Å². The van der Waals surface area contributed by atoms with E-state index >= 15 is 0 Å². The van der Waals surface area contributed by atoms with Crippen molar-refractivity contribution in [2.75, 3.05) is 26.2 Å². The summed E-state index contributed by atoms with van der Waals surface area (Å²) < 4.78 is 4.65. The van der Waals surface area contributed by atoms with E-state index in [9.17, 15) is 14.4 Å². The van der Waals surface area contributed by atoms with Crippen LogP contribution in [0.15, 0.2) is 16.8 Å². The predicted octanol–water partition coefficient (Wildman–Crippen LogP) is 0.728. The summed E-state index contributed by atoms with van der Waals surface area (Å²) in [6, 6.07) is 1.94. The maximum Gasteiger partial charge on any atom is 0.417 e. The van der Waals surface area contributed by atoms with Crippen molar-refractivity contribution in [1.29, 1.82) is 0 Å². The Morgan fingerprint density at radius 3 is 2.80 bits per heavy atom. The van der Waals surface area contributed by atoms with Crippen molar-refractivity contribution in [3.8, 4) is 0 Å². The van der Waals surface area contributed by atoms with Gasteiger partial charge in [-0.25, -0.2) is 9.69 Å². The van der Waals surface area contributed by atoms with Gasteiger partial charge < -0.3 is 9.64 Å². The predicted molar refractivity (Wildman–Crippen MR) is 71.2 cm³/mol. The molecule has 0 bridgehead atoms. The van der Waals surface area contributed by atoms with E-state index in [-0.39, 0.29) is 24.3 Å². The molecule has 106 valence electrons. The molecule has 0 unspecified atom stereocenters. The van der Waals surface area contributed by atoms with E-state index in [1.165, 1.54) is 0 Å². The van der Waals surface area contributed by atoms with Crippen molar-refractivity contribution in [3.05, 3.63) is 22.4 Å². The largest absolute Gasteiger partial charge is 0.439 e. The normalized spacial score (nSPS) is 19.2. The summed E-state index contributed by atoms with van der Waals surface area (Å²) in [6.07, 6.45) is -0.154. The lowest BCUT2D eigenvalue weighted by Gasteiger charge is -2.40. The second-order valence-electron chi connectivity index (χ2n) is 5.03. The lowest BCUT2D eigenvalue weighted by molar-refractivity contribution is -0.137. The minimum atomic E-state index is -0.571. The molecular weight excluding hydrogens is 280 g/mol. The lowest BCUT2D eigenvalue weighted by atomic mass is 9.98. The number of amides is 3. The molecule has 3 heterocycles. The van der Waals surface area contributed by atoms with E-state index in [4.69, 9.17) is 0 Å². The molecule has 2 saturated heterocycles. The fourth-order valence-electron chi connectivity index (χ4n) is 2.38. The summed E-state index contributed by atoms with van der Waals surface area (Å²) in [5, 5.41) is 3.92. The van der Waals surface area contributed by atoms with Gasteiger partial charge in [-0.1, -0.05) is 0 Å². The van der Waals surface area contributed by atoms with Gasteiger partial charge in [-0.2, -0.15) is 11.3 Å². The smallest absolute Gasteiger partial charge is 0.417 e. The molecule has 2 aliphatic heterocycles. The Hall–Kier alpha value is -1.89. The summed E-state index contributed by atoms with van der Waals surface area (Å²) in [4.78, 5) is 37.5. The van der Waals surface area contributed by atoms with Crippen molar-refractivity contribution < 1.29 is 19.1 Å². The first kappa shape index (κ1) is 13.1. The molecule has 7 heteroatoms. The second-order valence-corrected chi connectivity index (χ2v) is 5.81. The number of imide groups is 1. The van der Waals surface area contributed by atoms with Gasteiger partial charge >= 0.3 is 6.09 Å². The molecule has 0 radical (unpaired) electrons. The highest BCUT2D eigenvalue weighted by Gasteiger charge is 2.38. The first-order chi connectivity index (χ1) is 9.63. The van der Waals surface area contributed by atoms with E-state index in [0.717, 1.165) is 10.5 Å². The number of thiophene rings is 1. The van der Waals surface area contributed by atoms with Gasteiger partial charge in [0.25, 0.3) is 5.91 Å². The standard InChI is InChI=1S/C13H14N2O4S/c16-11(3-9-1-2-20-8-9)14-4-10(5-14)6-15-12(17)7-19-13(15)18/h1-2,8,10H,3-7H2. The Labute approximate surface area is 119 Å². The van der Waals surface area contributed by atoms with Crippen LogP contribution in [0, 0.1) is 5.92 Å². The van der Waals surface area contributed by atoms with Gasteiger partial charge in [0, 0.05) is 25.6 Å². The topological polar surface area (TPSA) is 66.9 Å². The van der Waals surface area contributed by atoms with E-state index in [1.54, 1.807) is 16.2 Å². The van der Waals surface area contributed by atoms with Crippen molar-refractivity contribution in [2.45, 2.75) is 6.42 Å². The first-order valence-corrected chi connectivity index (χ1v) is 7.33. The van der Waals surface area contributed by atoms with Crippen molar-refractivity contribution in [2.24, 2.45) is 5.92 Å². The van der Waals surface area contributed by atoms with Crippen LogP contribution in [-0.4, -0.2) is 53.9 Å². The third-order valence-electron chi connectivity index (χ3n) is 3.53. The van der Waals surface area contributed by atoms with Crippen LogP contribution in [0.5, 0.6) is 0 Å². The van der Waals surface area contributed by atoms with E-state index in [2.05, 4.69) is 4.74 Å². The van der Waals surface area contributed by atoms with Gasteiger partial charge in [-0.05, 0) is 22.4 Å². The third kappa shape index (κ3) is 2.53. The SMILES string of the molecule is O=C(Cc1ccsc1)N1CC(CN2C(=O)COC2=O)C1. The monoisotopic (exact) mass is 294 g/mol. The van der Waals surface area contributed by atoms with Crippen LogP contribution in [0.4, 0.5) is 4.79 Å². The van der Waals surface area contributed by atoms with Crippen molar-refractivity contribution >= 4 is 29.2 Å². The molecule has 0 aliphatic carbocycles. The minimum Gasteiger partial charge on any atom is -0.439 e. The lowest BCUT2D eigenvalue weighted by Crippen LogP contribution is -2.54. The van der Waals surface area contributed by atoms with Crippen LogP contribution in [0.3, 0.4) is 0 Å². The van der Waals surface area contributed by atoms with Gasteiger partial charge in [-0.3, -0.25) is 9.59 Å². The zero-order chi connectivity index (χ0) is 14.1. The molecule has 3 amide bonds. The van der Waals surface area contributed by atoms with Gasteiger partial charge in [0.15, 0.2) is 6.61 Å². The summed E-state index contributed by atoms with van der Waals surface area (Å²) in [5.41, 5.74) is 1.03.